The molecule has 1 heterocycles. The minimum atomic E-state index is 0.611. The molecule has 2 rings (SSSR count). The third kappa shape index (κ3) is 4.14. The first-order chi connectivity index (χ1) is 9.08. The zero-order valence-electron chi connectivity index (χ0n) is 11.3. The normalized spacial score (nSPS) is 11.2. The summed E-state index contributed by atoms with van der Waals surface area (Å²) in [5.74, 6) is 0. The number of rotatable bonds is 5. The molecule has 19 heavy (non-hydrogen) atoms. The first-order valence-corrected chi connectivity index (χ1v) is 7.95. The molecule has 0 fully saturated rings. The average Bonchev–Trinajstić information content (AvgIpc) is 2.77. The Labute approximate surface area is 127 Å². The monoisotopic (exact) mass is 338 g/mol. The summed E-state index contributed by atoms with van der Waals surface area (Å²) in [7, 11) is 2.16. The summed E-state index contributed by atoms with van der Waals surface area (Å²) in [6.07, 6.45) is 0. The van der Waals surface area contributed by atoms with Crippen molar-refractivity contribution in [2.75, 3.05) is 7.05 Å². The van der Waals surface area contributed by atoms with E-state index in [2.05, 4.69) is 64.4 Å². The highest BCUT2D eigenvalue weighted by Crippen LogP contribution is 2.22. The second kappa shape index (κ2) is 6.66. The Morgan fingerprint density at radius 3 is 2.63 bits per heavy atom. The fourth-order valence-electron chi connectivity index (χ4n) is 2.11. The number of halogens is 1. The van der Waals surface area contributed by atoms with Gasteiger partial charge in [-0.3, -0.25) is 4.90 Å². The minimum absolute atomic E-state index is 0.611. The maximum Gasteiger partial charge on any atom is 0.0328 e. The number of nitrogens with zero attached hydrogens (tertiary/aromatic N) is 1. The number of hydrogen-bond acceptors (Lipinski definition) is 3. The minimum Gasteiger partial charge on any atom is -0.326 e. The molecule has 0 aliphatic rings. The lowest BCUT2D eigenvalue weighted by molar-refractivity contribution is 0.321. The number of thiophene rings is 1. The van der Waals surface area contributed by atoms with Crippen molar-refractivity contribution in [2.45, 2.75) is 26.6 Å². The van der Waals surface area contributed by atoms with Crippen LogP contribution in [0, 0.1) is 6.92 Å². The van der Waals surface area contributed by atoms with Gasteiger partial charge in [0.15, 0.2) is 0 Å². The van der Waals surface area contributed by atoms with Gasteiger partial charge >= 0.3 is 0 Å². The van der Waals surface area contributed by atoms with Crippen LogP contribution in [0.15, 0.2) is 34.1 Å². The highest BCUT2D eigenvalue weighted by Gasteiger charge is 2.06. The van der Waals surface area contributed by atoms with Crippen molar-refractivity contribution < 1.29 is 0 Å². The molecule has 0 radical (unpaired) electrons. The summed E-state index contributed by atoms with van der Waals surface area (Å²) >= 11 is 5.29. The molecular weight excluding hydrogens is 320 g/mol. The zero-order chi connectivity index (χ0) is 13.8. The van der Waals surface area contributed by atoms with Gasteiger partial charge in [0.25, 0.3) is 0 Å². The van der Waals surface area contributed by atoms with Crippen LogP contribution in [-0.4, -0.2) is 11.9 Å². The Hall–Kier alpha value is -0.680. The molecule has 0 bridgehead atoms. The summed E-state index contributed by atoms with van der Waals surface area (Å²) in [4.78, 5) is 3.72. The van der Waals surface area contributed by atoms with E-state index >= 15 is 0 Å². The molecule has 0 saturated carbocycles. The molecule has 0 saturated heterocycles. The van der Waals surface area contributed by atoms with Crippen LogP contribution in [0.4, 0.5) is 0 Å². The molecule has 2 aromatic rings. The lowest BCUT2D eigenvalue weighted by atomic mass is 10.0. The van der Waals surface area contributed by atoms with Crippen LogP contribution < -0.4 is 5.73 Å². The fourth-order valence-corrected chi connectivity index (χ4v) is 3.64. The van der Waals surface area contributed by atoms with E-state index in [1.165, 1.54) is 26.0 Å². The summed E-state index contributed by atoms with van der Waals surface area (Å²) in [5, 5.41) is 2.13. The van der Waals surface area contributed by atoms with Gasteiger partial charge in [0.2, 0.25) is 0 Å². The van der Waals surface area contributed by atoms with Gasteiger partial charge in [0.05, 0.1) is 0 Å². The van der Waals surface area contributed by atoms with Crippen molar-refractivity contribution in [1.29, 1.82) is 0 Å². The van der Waals surface area contributed by atoms with Gasteiger partial charge in [-0.1, -0.05) is 18.2 Å². The molecule has 0 aliphatic heterocycles. The van der Waals surface area contributed by atoms with Crippen LogP contribution in [0.25, 0.3) is 0 Å². The second-order valence-corrected chi connectivity index (χ2v) is 6.78. The SMILES string of the molecule is Cc1cc(CN)ccc1CN(C)Cc1cc(Br)cs1. The summed E-state index contributed by atoms with van der Waals surface area (Å²) < 4.78 is 1.17. The Balaban J connectivity index is 2.00. The van der Waals surface area contributed by atoms with Crippen LogP contribution in [-0.2, 0) is 19.6 Å². The van der Waals surface area contributed by atoms with Gasteiger partial charge in [0, 0.05) is 34.4 Å². The van der Waals surface area contributed by atoms with E-state index in [1.807, 2.05) is 0 Å². The van der Waals surface area contributed by atoms with Gasteiger partial charge < -0.3 is 5.73 Å². The van der Waals surface area contributed by atoms with E-state index in [4.69, 9.17) is 5.73 Å². The summed E-state index contributed by atoms with van der Waals surface area (Å²) in [6.45, 7) is 4.71. The van der Waals surface area contributed by atoms with Gasteiger partial charge in [0.1, 0.15) is 0 Å². The molecule has 0 atom stereocenters. The highest BCUT2D eigenvalue weighted by atomic mass is 79.9. The Morgan fingerprint density at radius 1 is 1.26 bits per heavy atom. The Morgan fingerprint density at radius 2 is 2.05 bits per heavy atom. The predicted molar refractivity (Wildman–Crippen MR) is 86.3 cm³/mol. The topological polar surface area (TPSA) is 29.3 Å². The Kier molecular flexibility index (Phi) is 5.16. The van der Waals surface area contributed by atoms with Gasteiger partial charge in [-0.15, -0.1) is 11.3 Å². The van der Waals surface area contributed by atoms with E-state index in [0.29, 0.717) is 6.54 Å². The van der Waals surface area contributed by atoms with Crippen LogP contribution in [0.5, 0.6) is 0 Å². The van der Waals surface area contributed by atoms with E-state index < -0.39 is 0 Å². The van der Waals surface area contributed by atoms with Crippen LogP contribution in [0.1, 0.15) is 21.6 Å². The molecule has 2 N–H and O–H groups in total. The molecule has 0 amide bonds. The van der Waals surface area contributed by atoms with Crippen LogP contribution >= 0.6 is 27.3 Å². The van der Waals surface area contributed by atoms with Crippen molar-refractivity contribution in [2.24, 2.45) is 5.73 Å². The molecule has 1 aromatic carbocycles. The van der Waals surface area contributed by atoms with Gasteiger partial charge in [-0.2, -0.15) is 0 Å². The number of benzene rings is 1. The smallest absolute Gasteiger partial charge is 0.0328 e. The van der Waals surface area contributed by atoms with E-state index in [0.717, 1.165) is 13.1 Å². The van der Waals surface area contributed by atoms with E-state index in [9.17, 15) is 0 Å². The maximum atomic E-state index is 5.66. The first-order valence-electron chi connectivity index (χ1n) is 6.28. The van der Waals surface area contributed by atoms with Gasteiger partial charge in [-0.25, -0.2) is 0 Å². The third-order valence-corrected chi connectivity index (χ3v) is 4.81. The third-order valence-electron chi connectivity index (χ3n) is 3.13. The summed E-state index contributed by atoms with van der Waals surface area (Å²) in [6, 6.07) is 8.69. The van der Waals surface area contributed by atoms with Crippen LogP contribution in [0.3, 0.4) is 0 Å². The maximum absolute atomic E-state index is 5.66. The molecule has 102 valence electrons. The van der Waals surface area contributed by atoms with Crippen molar-refractivity contribution in [3.05, 3.63) is 55.7 Å². The summed E-state index contributed by atoms with van der Waals surface area (Å²) in [5.41, 5.74) is 9.55. The van der Waals surface area contributed by atoms with Gasteiger partial charge in [-0.05, 0) is 52.7 Å². The molecule has 0 aliphatic carbocycles. The first kappa shape index (κ1) is 14.7. The predicted octanol–water partition coefficient (Wildman–Crippen LogP) is 3.91. The van der Waals surface area contributed by atoms with Crippen molar-refractivity contribution in [3.63, 3.8) is 0 Å². The molecule has 1 aromatic heterocycles. The largest absolute Gasteiger partial charge is 0.326 e. The van der Waals surface area contributed by atoms with Crippen molar-refractivity contribution >= 4 is 27.3 Å². The van der Waals surface area contributed by atoms with E-state index in [1.54, 1.807) is 11.3 Å². The molecule has 0 spiro atoms. The molecule has 2 nitrogen and oxygen atoms in total. The fraction of sp³-hybridized carbons (Fsp3) is 0.333. The number of nitrogens with two attached hydrogens (primary N) is 1. The molecule has 4 heteroatoms. The highest BCUT2D eigenvalue weighted by molar-refractivity contribution is 9.10. The second-order valence-electron chi connectivity index (χ2n) is 4.87. The number of aryl methyl sites for hydroxylation is 1. The van der Waals surface area contributed by atoms with E-state index in [-0.39, 0.29) is 0 Å². The number of hydrogen-bond donors (Lipinski definition) is 1. The zero-order valence-corrected chi connectivity index (χ0v) is 13.7. The van der Waals surface area contributed by atoms with Crippen molar-refractivity contribution in [3.8, 4) is 0 Å². The average molecular weight is 339 g/mol. The molecule has 0 unspecified atom stereocenters. The Bertz CT molecular complexity index is 551. The lowest BCUT2D eigenvalue weighted by Gasteiger charge is -2.17. The standard InChI is InChI=1S/C15H19BrN2S/c1-11-5-12(7-17)3-4-13(11)8-18(2)9-15-6-14(16)10-19-15/h3-6,10H,7-9,17H2,1-2H3. The quantitative estimate of drug-likeness (QED) is 0.895. The lowest BCUT2D eigenvalue weighted by Crippen LogP contribution is -2.17. The van der Waals surface area contributed by atoms with Crippen molar-refractivity contribution in [1.82, 2.24) is 4.90 Å². The van der Waals surface area contributed by atoms with Crippen LogP contribution in [0.2, 0.25) is 0 Å². The molecular formula is C15H19BrN2S.